The van der Waals surface area contributed by atoms with Crippen molar-refractivity contribution in [3.63, 3.8) is 0 Å². The van der Waals surface area contributed by atoms with Crippen LogP contribution in [0.15, 0.2) is 0 Å². The van der Waals surface area contributed by atoms with Gasteiger partial charge in [-0.25, -0.2) is 0 Å². The maximum absolute atomic E-state index is 9.61. The van der Waals surface area contributed by atoms with Gasteiger partial charge in [-0.2, -0.15) is 0 Å². The topological polar surface area (TPSA) is 35.5 Å². The molecule has 0 saturated carbocycles. The van der Waals surface area contributed by atoms with E-state index in [1.807, 2.05) is 0 Å². The highest BCUT2D eigenvalue weighted by atomic mass is 16.3. The molecule has 1 aliphatic heterocycles. The van der Waals surface area contributed by atoms with E-state index >= 15 is 0 Å². The number of hydrogen-bond acceptors (Lipinski definition) is 3. The van der Waals surface area contributed by atoms with E-state index in [4.69, 9.17) is 0 Å². The van der Waals surface area contributed by atoms with Crippen LogP contribution in [0.3, 0.4) is 0 Å². The SMILES string of the molecule is CCC1(CC)CCN(CCCC(C)(CO)NC(C)C)C1. The molecule has 0 aromatic carbocycles. The molecule has 0 aliphatic carbocycles. The Kier molecular flexibility index (Phi) is 6.96. The van der Waals surface area contributed by atoms with Crippen molar-refractivity contribution in [3.05, 3.63) is 0 Å². The lowest BCUT2D eigenvalue weighted by molar-refractivity contribution is 0.148. The molecule has 1 fully saturated rings. The summed E-state index contributed by atoms with van der Waals surface area (Å²) in [7, 11) is 0. The summed E-state index contributed by atoms with van der Waals surface area (Å²) in [6, 6.07) is 0.423. The molecule has 0 amide bonds. The highest BCUT2D eigenvalue weighted by molar-refractivity contribution is 4.89. The van der Waals surface area contributed by atoms with Gasteiger partial charge in [-0.3, -0.25) is 0 Å². The molecule has 20 heavy (non-hydrogen) atoms. The molecule has 1 unspecified atom stereocenters. The molecular weight excluding hydrogens is 248 g/mol. The van der Waals surface area contributed by atoms with Gasteiger partial charge in [0.1, 0.15) is 0 Å². The normalized spacial score (nSPS) is 22.4. The van der Waals surface area contributed by atoms with Crippen LogP contribution in [0.25, 0.3) is 0 Å². The average Bonchev–Trinajstić information content (AvgIpc) is 2.82. The quantitative estimate of drug-likeness (QED) is 0.683. The first-order valence-electron chi connectivity index (χ1n) is 8.49. The van der Waals surface area contributed by atoms with Crippen LogP contribution < -0.4 is 5.32 Å². The molecular formula is C17H36N2O. The molecule has 1 rings (SSSR count). The summed E-state index contributed by atoms with van der Waals surface area (Å²) in [4.78, 5) is 2.63. The minimum absolute atomic E-state index is 0.125. The van der Waals surface area contributed by atoms with Crippen molar-refractivity contribution >= 4 is 0 Å². The lowest BCUT2D eigenvalue weighted by Crippen LogP contribution is -2.49. The fourth-order valence-electron chi connectivity index (χ4n) is 3.63. The van der Waals surface area contributed by atoms with E-state index in [1.165, 1.54) is 45.3 Å². The second kappa shape index (κ2) is 7.77. The van der Waals surface area contributed by atoms with Crippen molar-refractivity contribution in [1.29, 1.82) is 0 Å². The van der Waals surface area contributed by atoms with E-state index in [2.05, 4.69) is 44.8 Å². The lowest BCUT2D eigenvalue weighted by atomic mass is 9.82. The van der Waals surface area contributed by atoms with E-state index in [-0.39, 0.29) is 12.1 Å². The Balaban J connectivity index is 2.34. The molecule has 1 atom stereocenters. The van der Waals surface area contributed by atoms with Gasteiger partial charge in [-0.15, -0.1) is 0 Å². The number of likely N-dealkylation sites (tertiary alicyclic amines) is 1. The molecule has 0 spiro atoms. The Labute approximate surface area is 126 Å². The number of aliphatic hydroxyl groups is 1. The molecule has 2 N–H and O–H groups in total. The minimum atomic E-state index is -0.125. The zero-order chi connectivity index (χ0) is 15.2. The summed E-state index contributed by atoms with van der Waals surface area (Å²) in [5.41, 5.74) is 0.455. The average molecular weight is 284 g/mol. The van der Waals surface area contributed by atoms with E-state index in [0.717, 1.165) is 6.42 Å². The maximum atomic E-state index is 9.61. The van der Waals surface area contributed by atoms with Gasteiger partial charge in [-0.05, 0) is 57.5 Å². The number of hydrogen-bond donors (Lipinski definition) is 2. The first-order valence-corrected chi connectivity index (χ1v) is 8.49. The third-order valence-electron chi connectivity index (χ3n) is 5.21. The van der Waals surface area contributed by atoms with Crippen molar-refractivity contribution in [3.8, 4) is 0 Å². The number of rotatable bonds is 9. The number of nitrogens with one attached hydrogen (secondary N) is 1. The van der Waals surface area contributed by atoms with Crippen LogP contribution in [0.5, 0.6) is 0 Å². The number of aliphatic hydroxyl groups excluding tert-OH is 1. The second-order valence-corrected chi connectivity index (χ2v) is 7.35. The number of nitrogens with zero attached hydrogens (tertiary/aromatic N) is 1. The highest BCUT2D eigenvalue weighted by Crippen LogP contribution is 2.37. The van der Waals surface area contributed by atoms with E-state index in [0.29, 0.717) is 11.5 Å². The third kappa shape index (κ3) is 5.01. The van der Waals surface area contributed by atoms with Gasteiger partial charge in [0.05, 0.1) is 6.61 Å². The third-order valence-corrected chi connectivity index (χ3v) is 5.21. The summed E-state index contributed by atoms with van der Waals surface area (Å²) in [5, 5.41) is 13.1. The first kappa shape index (κ1) is 17.9. The highest BCUT2D eigenvalue weighted by Gasteiger charge is 2.34. The van der Waals surface area contributed by atoms with E-state index in [1.54, 1.807) is 0 Å². The molecule has 3 nitrogen and oxygen atoms in total. The lowest BCUT2D eigenvalue weighted by Gasteiger charge is -2.32. The van der Waals surface area contributed by atoms with Gasteiger partial charge in [0.25, 0.3) is 0 Å². The molecule has 120 valence electrons. The largest absolute Gasteiger partial charge is 0.394 e. The molecule has 1 aliphatic rings. The Morgan fingerprint density at radius 2 is 1.95 bits per heavy atom. The summed E-state index contributed by atoms with van der Waals surface area (Å²) in [5.74, 6) is 0. The Hall–Kier alpha value is -0.120. The van der Waals surface area contributed by atoms with Crippen LogP contribution in [0, 0.1) is 5.41 Å². The van der Waals surface area contributed by atoms with Gasteiger partial charge in [0.2, 0.25) is 0 Å². The van der Waals surface area contributed by atoms with Crippen molar-refractivity contribution in [2.24, 2.45) is 5.41 Å². The van der Waals surface area contributed by atoms with Crippen molar-refractivity contribution in [2.45, 2.75) is 78.3 Å². The molecule has 0 radical (unpaired) electrons. The molecule has 0 aromatic rings. The van der Waals surface area contributed by atoms with Gasteiger partial charge in [-0.1, -0.05) is 27.7 Å². The van der Waals surface area contributed by atoms with Gasteiger partial charge in [0, 0.05) is 18.1 Å². The molecule has 0 bridgehead atoms. The smallest absolute Gasteiger partial charge is 0.0610 e. The summed E-state index contributed by atoms with van der Waals surface area (Å²) in [6.45, 7) is 15.0. The van der Waals surface area contributed by atoms with Crippen molar-refractivity contribution in [1.82, 2.24) is 10.2 Å². The van der Waals surface area contributed by atoms with Gasteiger partial charge in [0.15, 0.2) is 0 Å². The zero-order valence-corrected chi connectivity index (χ0v) is 14.3. The van der Waals surface area contributed by atoms with Crippen molar-refractivity contribution < 1.29 is 5.11 Å². The Morgan fingerprint density at radius 3 is 2.40 bits per heavy atom. The maximum Gasteiger partial charge on any atom is 0.0610 e. The fraction of sp³-hybridized carbons (Fsp3) is 1.00. The summed E-state index contributed by atoms with van der Waals surface area (Å²) >= 11 is 0. The predicted molar refractivity (Wildman–Crippen MR) is 87.1 cm³/mol. The fourth-order valence-corrected chi connectivity index (χ4v) is 3.63. The van der Waals surface area contributed by atoms with Crippen molar-refractivity contribution in [2.75, 3.05) is 26.2 Å². The molecule has 1 saturated heterocycles. The summed E-state index contributed by atoms with van der Waals surface area (Å²) < 4.78 is 0. The monoisotopic (exact) mass is 284 g/mol. The minimum Gasteiger partial charge on any atom is -0.394 e. The van der Waals surface area contributed by atoms with Crippen LogP contribution in [0.1, 0.15) is 66.7 Å². The summed E-state index contributed by atoms with van der Waals surface area (Å²) in [6.07, 6.45) is 6.19. The molecule has 0 aromatic heterocycles. The van der Waals surface area contributed by atoms with E-state index < -0.39 is 0 Å². The molecule has 1 heterocycles. The van der Waals surface area contributed by atoms with Crippen LogP contribution >= 0.6 is 0 Å². The van der Waals surface area contributed by atoms with Gasteiger partial charge >= 0.3 is 0 Å². The second-order valence-electron chi connectivity index (χ2n) is 7.35. The van der Waals surface area contributed by atoms with Crippen LogP contribution in [-0.2, 0) is 0 Å². The molecule has 3 heteroatoms. The van der Waals surface area contributed by atoms with Crippen LogP contribution in [0.2, 0.25) is 0 Å². The van der Waals surface area contributed by atoms with E-state index in [9.17, 15) is 5.11 Å². The predicted octanol–water partition coefficient (Wildman–Crippen LogP) is 3.03. The van der Waals surface area contributed by atoms with Gasteiger partial charge < -0.3 is 15.3 Å². The standard InChI is InChI=1S/C17H36N2O/c1-6-17(7-2)10-12-19(13-17)11-8-9-16(5,14-20)18-15(3)4/h15,18,20H,6-14H2,1-5H3. The first-order chi connectivity index (χ1) is 9.38. The Bertz CT molecular complexity index is 276. The Morgan fingerprint density at radius 1 is 1.30 bits per heavy atom. The van der Waals surface area contributed by atoms with Crippen LogP contribution in [0.4, 0.5) is 0 Å². The van der Waals surface area contributed by atoms with Crippen LogP contribution in [-0.4, -0.2) is 47.8 Å². The zero-order valence-electron chi connectivity index (χ0n) is 14.3.